The molecule has 0 atom stereocenters. The van der Waals surface area contributed by atoms with Gasteiger partial charge in [0, 0.05) is 18.8 Å². The zero-order valence-electron chi connectivity index (χ0n) is 12.1. The van der Waals surface area contributed by atoms with Gasteiger partial charge in [0.15, 0.2) is 6.79 Å². The molecule has 0 saturated carbocycles. The number of ether oxygens (including phenoxy) is 2. The summed E-state index contributed by atoms with van der Waals surface area (Å²) in [6.07, 6.45) is 3.36. The summed E-state index contributed by atoms with van der Waals surface area (Å²) in [5, 5.41) is 0. The second-order valence-corrected chi connectivity index (χ2v) is 5.59. The highest BCUT2D eigenvalue weighted by Crippen LogP contribution is 2.36. The summed E-state index contributed by atoms with van der Waals surface area (Å²) in [4.78, 5) is 4.14. The van der Waals surface area contributed by atoms with Crippen molar-refractivity contribution in [1.82, 2.24) is 4.98 Å². The monoisotopic (exact) mass is 265 g/mol. The number of aromatic nitrogens is 1. The molecule has 1 fully saturated rings. The minimum Gasteiger partial charge on any atom is -0.466 e. The van der Waals surface area contributed by atoms with Gasteiger partial charge in [0.2, 0.25) is 0 Å². The Morgan fingerprint density at radius 1 is 1.16 bits per heavy atom. The second kappa shape index (κ2) is 5.11. The zero-order chi connectivity index (χ0) is 14.1. The third kappa shape index (κ3) is 2.91. The molecule has 1 saturated heterocycles. The molecule has 0 aromatic carbocycles. The maximum atomic E-state index is 5.96. The van der Waals surface area contributed by atoms with Crippen LogP contribution in [0.3, 0.4) is 0 Å². The average Bonchev–Trinajstić information content (AvgIpc) is 2.56. The molecule has 1 aromatic heterocycles. The predicted molar refractivity (Wildman–Crippen MR) is 72.5 cm³/mol. The van der Waals surface area contributed by atoms with Crippen molar-refractivity contribution >= 4 is 12.6 Å². The lowest BCUT2D eigenvalue weighted by Gasteiger charge is -2.32. The minimum atomic E-state index is -0.427. The van der Waals surface area contributed by atoms with Gasteiger partial charge in [0.25, 0.3) is 0 Å². The van der Waals surface area contributed by atoms with Gasteiger partial charge in [0.05, 0.1) is 17.4 Å². The van der Waals surface area contributed by atoms with E-state index in [1.165, 1.54) is 0 Å². The summed E-state index contributed by atoms with van der Waals surface area (Å²) in [5.41, 5.74) is 0.120. The highest BCUT2D eigenvalue weighted by molar-refractivity contribution is 6.62. The fourth-order valence-corrected chi connectivity index (χ4v) is 1.75. The highest BCUT2D eigenvalue weighted by Gasteiger charge is 2.51. The first-order valence-corrected chi connectivity index (χ1v) is 6.28. The molecule has 6 heteroatoms. The van der Waals surface area contributed by atoms with Crippen LogP contribution in [-0.2, 0) is 14.0 Å². The summed E-state index contributed by atoms with van der Waals surface area (Å²) in [7, 11) is 1.15. The van der Waals surface area contributed by atoms with E-state index in [0.29, 0.717) is 5.75 Å². The van der Waals surface area contributed by atoms with Gasteiger partial charge in [0.1, 0.15) is 5.75 Å². The van der Waals surface area contributed by atoms with Gasteiger partial charge < -0.3 is 18.8 Å². The van der Waals surface area contributed by atoms with Crippen LogP contribution in [0, 0.1) is 0 Å². The van der Waals surface area contributed by atoms with E-state index < -0.39 is 7.12 Å². The van der Waals surface area contributed by atoms with Gasteiger partial charge in [-0.2, -0.15) is 0 Å². The fraction of sp³-hybridized carbons (Fsp3) is 0.615. The Morgan fingerprint density at radius 2 is 1.79 bits per heavy atom. The van der Waals surface area contributed by atoms with Crippen LogP contribution in [0.25, 0.3) is 0 Å². The van der Waals surface area contributed by atoms with E-state index in [9.17, 15) is 0 Å². The molecule has 2 rings (SSSR count). The quantitative estimate of drug-likeness (QED) is 0.607. The van der Waals surface area contributed by atoms with E-state index in [4.69, 9.17) is 18.8 Å². The molecular weight excluding hydrogens is 245 g/mol. The Bertz CT molecular complexity index is 434. The molecular formula is C13H20BNO4. The number of hydrogen-bond donors (Lipinski definition) is 0. The van der Waals surface area contributed by atoms with Crippen molar-refractivity contribution in [2.24, 2.45) is 0 Å². The van der Waals surface area contributed by atoms with E-state index in [-0.39, 0.29) is 18.0 Å². The fourth-order valence-electron chi connectivity index (χ4n) is 1.75. The molecule has 1 aliphatic heterocycles. The van der Waals surface area contributed by atoms with E-state index in [1.807, 2.05) is 33.8 Å². The second-order valence-electron chi connectivity index (χ2n) is 5.59. The highest BCUT2D eigenvalue weighted by atomic mass is 16.7. The lowest BCUT2D eigenvalue weighted by atomic mass is 9.80. The van der Waals surface area contributed by atoms with Crippen molar-refractivity contribution in [3.8, 4) is 5.75 Å². The van der Waals surface area contributed by atoms with Gasteiger partial charge in [-0.25, -0.2) is 0 Å². The van der Waals surface area contributed by atoms with Gasteiger partial charge in [-0.3, -0.25) is 4.98 Å². The number of rotatable bonds is 4. The largest absolute Gasteiger partial charge is 0.496 e. The molecule has 0 aliphatic carbocycles. The van der Waals surface area contributed by atoms with Crippen LogP contribution in [0.4, 0.5) is 0 Å². The molecule has 0 amide bonds. The molecule has 0 bridgehead atoms. The standard InChI is InChI=1S/C13H20BNO4/c1-12(2)13(3,4)19-14(18-12)10-6-11(8-15-7-10)17-9-16-5/h6-8H,9H2,1-5H3. The van der Waals surface area contributed by atoms with Crippen molar-refractivity contribution in [3.63, 3.8) is 0 Å². The maximum absolute atomic E-state index is 5.96. The van der Waals surface area contributed by atoms with Gasteiger partial charge >= 0.3 is 7.12 Å². The summed E-state index contributed by atoms with van der Waals surface area (Å²) < 4.78 is 22.1. The first-order chi connectivity index (χ1) is 8.86. The smallest absolute Gasteiger partial charge is 0.466 e. The van der Waals surface area contributed by atoms with E-state index in [0.717, 1.165) is 5.46 Å². The SMILES string of the molecule is COCOc1cncc(B2OC(C)(C)C(C)(C)O2)c1. The van der Waals surface area contributed by atoms with Crippen LogP contribution in [0.15, 0.2) is 18.5 Å². The molecule has 2 heterocycles. The van der Waals surface area contributed by atoms with Gasteiger partial charge in [-0.1, -0.05) is 0 Å². The molecule has 5 nitrogen and oxygen atoms in total. The van der Waals surface area contributed by atoms with E-state index in [2.05, 4.69) is 4.98 Å². The molecule has 1 aromatic rings. The molecule has 104 valence electrons. The molecule has 1 aliphatic rings. The summed E-state index contributed by atoms with van der Waals surface area (Å²) in [6.45, 7) is 8.27. The van der Waals surface area contributed by atoms with Crippen molar-refractivity contribution in [2.75, 3.05) is 13.9 Å². The zero-order valence-corrected chi connectivity index (χ0v) is 12.1. The van der Waals surface area contributed by atoms with Crippen LogP contribution in [0.2, 0.25) is 0 Å². The van der Waals surface area contributed by atoms with Crippen LogP contribution in [0.1, 0.15) is 27.7 Å². The summed E-state index contributed by atoms with van der Waals surface area (Å²) in [5.74, 6) is 0.633. The van der Waals surface area contributed by atoms with Crippen molar-refractivity contribution in [1.29, 1.82) is 0 Å². The molecule has 19 heavy (non-hydrogen) atoms. The van der Waals surface area contributed by atoms with Crippen LogP contribution in [0.5, 0.6) is 5.75 Å². The Morgan fingerprint density at radius 3 is 2.37 bits per heavy atom. The molecule has 0 N–H and O–H groups in total. The molecule has 0 unspecified atom stereocenters. The topological polar surface area (TPSA) is 49.8 Å². The lowest BCUT2D eigenvalue weighted by Crippen LogP contribution is -2.41. The van der Waals surface area contributed by atoms with Crippen molar-refractivity contribution in [3.05, 3.63) is 18.5 Å². The Balaban J connectivity index is 2.15. The summed E-state index contributed by atoms with van der Waals surface area (Å²) >= 11 is 0. The number of nitrogens with zero attached hydrogens (tertiary/aromatic N) is 1. The Kier molecular flexibility index (Phi) is 3.85. The van der Waals surface area contributed by atoms with Gasteiger partial charge in [-0.05, 0) is 33.8 Å². The predicted octanol–water partition coefficient (Wildman–Crippen LogP) is 1.36. The third-order valence-electron chi connectivity index (χ3n) is 3.60. The van der Waals surface area contributed by atoms with E-state index in [1.54, 1.807) is 19.5 Å². The van der Waals surface area contributed by atoms with E-state index >= 15 is 0 Å². The minimum absolute atomic E-state index is 0.189. The Labute approximate surface area is 114 Å². The average molecular weight is 265 g/mol. The summed E-state index contributed by atoms with van der Waals surface area (Å²) in [6, 6.07) is 1.86. The Hall–Kier alpha value is -1.11. The molecule has 0 spiro atoms. The van der Waals surface area contributed by atoms with Crippen molar-refractivity contribution < 1.29 is 18.8 Å². The first kappa shape index (κ1) is 14.3. The van der Waals surface area contributed by atoms with Crippen LogP contribution in [-0.4, -0.2) is 37.2 Å². The first-order valence-electron chi connectivity index (χ1n) is 6.28. The lowest BCUT2D eigenvalue weighted by molar-refractivity contribution is 0.00578. The molecule has 0 radical (unpaired) electrons. The number of methoxy groups -OCH3 is 1. The van der Waals surface area contributed by atoms with Crippen LogP contribution >= 0.6 is 0 Å². The van der Waals surface area contributed by atoms with Gasteiger partial charge in [-0.15, -0.1) is 0 Å². The number of hydrogen-bond acceptors (Lipinski definition) is 5. The maximum Gasteiger partial charge on any atom is 0.496 e. The van der Waals surface area contributed by atoms with Crippen molar-refractivity contribution in [2.45, 2.75) is 38.9 Å². The number of pyridine rings is 1. The normalized spacial score (nSPS) is 20.6. The van der Waals surface area contributed by atoms with Crippen LogP contribution < -0.4 is 10.2 Å². The third-order valence-corrected chi connectivity index (χ3v) is 3.60.